The molecule has 1 aromatic carbocycles. The maximum atomic E-state index is 12.8. The Morgan fingerprint density at radius 1 is 1.30 bits per heavy atom. The van der Waals surface area contributed by atoms with Crippen molar-refractivity contribution in [2.24, 2.45) is 5.73 Å². The summed E-state index contributed by atoms with van der Waals surface area (Å²) in [5.41, 5.74) is 7.69. The Hall–Kier alpha value is -2.01. The van der Waals surface area contributed by atoms with Crippen LogP contribution in [-0.4, -0.2) is 39.9 Å². The van der Waals surface area contributed by atoms with Crippen LogP contribution in [0.3, 0.4) is 0 Å². The highest BCUT2D eigenvalue weighted by molar-refractivity contribution is 6.04. The second-order valence-electron chi connectivity index (χ2n) is 5.10. The first kappa shape index (κ1) is 13.0. The van der Waals surface area contributed by atoms with E-state index in [2.05, 4.69) is 9.97 Å². The van der Waals surface area contributed by atoms with E-state index in [0.29, 0.717) is 30.2 Å². The number of rotatable bonds is 4. The van der Waals surface area contributed by atoms with Gasteiger partial charge in [-0.2, -0.15) is 0 Å². The third-order valence-electron chi connectivity index (χ3n) is 3.88. The van der Waals surface area contributed by atoms with Crippen molar-refractivity contribution in [3.63, 3.8) is 0 Å². The average Bonchev–Trinajstić information content (AvgIpc) is 2.43. The minimum absolute atomic E-state index is 0.0197. The second kappa shape index (κ2) is 5.54. The van der Waals surface area contributed by atoms with E-state index in [1.54, 1.807) is 12.4 Å². The number of benzene rings is 1. The minimum atomic E-state index is 0.0197. The van der Waals surface area contributed by atoms with Gasteiger partial charge in [-0.05, 0) is 31.4 Å². The lowest BCUT2D eigenvalue weighted by molar-refractivity contribution is 0.0590. The molecule has 0 bridgehead atoms. The fourth-order valence-corrected chi connectivity index (χ4v) is 2.61. The number of nitrogens with zero attached hydrogens (tertiary/aromatic N) is 3. The van der Waals surface area contributed by atoms with Crippen molar-refractivity contribution in [2.45, 2.75) is 25.3 Å². The molecular formula is C15H18N4O. The van der Waals surface area contributed by atoms with Gasteiger partial charge in [-0.15, -0.1) is 0 Å². The van der Waals surface area contributed by atoms with Gasteiger partial charge in [-0.25, -0.2) is 0 Å². The molecule has 1 fully saturated rings. The van der Waals surface area contributed by atoms with Crippen LogP contribution in [0.2, 0.25) is 0 Å². The number of nitrogens with two attached hydrogens (primary N) is 1. The van der Waals surface area contributed by atoms with Crippen molar-refractivity contribution in [1.29, 1.82) is 0 Å². The van der Waals surface area contributed by atoms with Crippen LogP contribution >= 0.6 is 0 Å². The first-order valence-corrected chi connectivity index (χ1v) is 7.02. The average molecular weight is 270 g/mol. The Morgan fingerprint density at radius 2 is 2.10 bits per heavy atom. The molecule has 0 spiro atoms. The van der Waals surface area contributed by atoms with Gasteiger partial charge in [0.15, 0.2) is 0 Å². The molecule has 1 aromatic heterocycles. The largest absolute Gasteiger partial charge is 0.334 e. The molecule has 1 saturated carbocycles. The van der Waals surface area contributed by atoms with Gasteiger partial charge >= 0.3 is 0 Å². The smallest absolute Gasteiger partial charge is 0.256 e. The van der Waals surface area contributed by atoms with Crippen LogP contribution in [0.1, 0.15) is 29.6 Å². The van der Waals surface area contributed by atoms with Crippen molar-refractivity contribution in [1.82, 2.24) is 14.9 Å². The lowest BCUT2D eigenvalue weighted by Crippen LogP contribution is -2.46. The van der Waals surface area contributed by atoms with Crippen LogP contribution < -0.4 is 5.73 Å². The highest BCUT2D eigenvalue weighted by Crippen LogP contribution is 2.27. The molecule has 2 aromatic rings. The molecule has 1 amide bonds. The van der Waals surface area contributed by atoms with Gasteiger partial charge in [-0.1, -0.05) is 6.07 Å². The predicted octanol–water partition coefficient (Wildman–Crippen LogP) is 1.58. The number of carbonyl (C=O) groups excluding carboxylic acids is 1. The summed E-state index contributed by atoms with van der Waals surface area (Å²) in [6, 6.07) is 5.88. The first-order chi connectivity index (χ1) is 9.81. The summed E-state index contributed by atoms with van der Waals surface area (Å²) in [5.74, 6) is 0.0197. The Bertz CT molecular complexity index is 619. The summed E-state index contributed by atoms with van der Waals surface area (Å²) in [5, 5.41) is 0. The van der Waals surface area contributed by atoms with E-state index < -0.39 is 0 Å². The quantitative estimate of drug-likeness (QED) is 0.915. The minimum Gasteiger partial charge on any atom is -0.334 e. The molecule has 0 unspecified atom stereocenters. The van der Waals surface area contributed by atoms with Crippen molar-refractivity contribution in [2.75, 3.05) is 13.1 Å². The molecule has 1 aliphatic carbocycles. The normalized spacial score (nSPS) is 15.1. The SMILES string of the molecule is NCCN(C(=O)c1cccc2nccnc12)C1CCC1. The van der Waals surface area contributed by atoms with Gasteiger partial charge in [0.1, 0.15) is 5.52 Å². The van der Waals surface area contributed by atoms with E-state index in [9.17, 15) is 4.79 Å². The number of fused-ring (bicyclic) bond motifs is 1. The van der Waals surface area contributed by atoms with Crippen molar-refractivity contribution >= 4 is 16.9 Å². The van der Waals surface area contributed by atoms with E-state index in [4.69, 9.17) is 5.73 Å². The van der Waals surface area contributed by atoms with Crippen molar-refractivity contribution < 1.29 is 4.79 Å². The first-order valence-electron chi connectivity index (χ1n) is 7.02. The van der Waals surface area contributed by atoms with Gasteiger partial charge in [0.05, 0.1) is 11.1 Å². The summed E-state index contributed by atoms with van der Waals surface area (Å²) < 4.78 is 0. The summed E-state index contributed by atoms with van der Waals surface area (Å²) >= 11 is 0. The molecule has 5 nitrogen and oxygen atoms in total. The molecule has 1 heterocycles. The highest BCUT2D eigenvalue weighted by atomic mass is 16.2. The Morgan fingerprint density at radius 3 is 2.80 bits per heavy atom. The van der Waals surface area contributed by atoms with E-state index in [1.165, 1.54) is 6.42 Å². The van der Waals surface area contributed by atoms with E-state index >= 15 is 0 Å². The lowest BCUT2D eigenvalue weighted by atomic mass is 9.91. The highest BCUT2D eigenvalue weighted by Gasteiger charge is 2.29. The number of amides is 1. The Balaban J connectivity index is 1.98. The molecule has 0 radical (unpaired) electrons. The molecule has 1 aliphatic rings. The fourth-order valence-electron chi connectivity index (χ4n) is 2.61. The van der Waals surface area contributed by atoms with Gasteiger partial charge in [0, 0.05) is 31.5 Å². The van der Waals surface area contributed by atoms with Crippen LogP contribution in [-0.2, 0) is 0 Å². The lowest BCUT2D eigenvalue weighted by Gasteiger charge is -2.37. The van der Waals surface area contributed by atoms with Gasteiger partial charge in [0.2, 0.25) is 0 Å². The van der Waals surface area contributed by atoms with E-state index in [-0.39, 0.29) is 5.91 Å². The number of carbonyl (C=O) groups is 1. The zero-order chi connectivity index (χ0) is 13.9. The predicted molar refractivity (Wildman–Crippen MR) is 77.3 cm³/mol. The monoisotopic (exact) mass is 270 g/mol. The third kappa shape index (κ3) is 2.25. The van der Waals surface area contributed by atoms with Crippen molar-refractivity contribution in [3.05, 3.63) is 36.2 Å². The van der Waals surface area contributed by atoms with Crippen LogP contribution in [0, 0.1) is 0 Å². The molecule has 0 saturated heterocycles. The molecule has 2 N–H and O–H groups in total. The van der Waals surface area contributed by atoms with Crippen molar-refractivity contribution in [3.8, 4) is 0 Å². The van der Waals surface area contributed by atoms with E-state index in [1.807, 2.05) is 23.1 Å². The Labute approximate surface area is 117 Å². The number of hydrogen-bond acceptors (Lipinski definition) is 4. The number of aromatic nitrogens is 2. The maximum Gasteiger partial charge on any atom is 0.256 e. The maximum absolute atomic E-state index is 12.8. The summed E-state index contributed by atoms with van der Waals surface area (Å²) in [6.07, 6.45) is 6.59. The molecule has 0 atom stereocenters. The van der Waals surface area contributed by atoms with Crippen LogP contribution in [0.4, 0.5) is 0 Å². The zero-order valence-corrected chi connectivity index (χ0v) is 11.3. The zero-order valence-electron chi connectivity index (χ0n) is 11.3. The molecule has 3 rings (SSSR count). The Kier molecular flexibility index (Phi) is 3.60. The van der Waals surface area contributed by atoms with Crippen LogP contribution in [0.15, 0.2) is 30.6 Å². The standard InChI is InChI=1S/C15H18N4O/c16-7-10-19(11-3-1-4-11)15(20)12-5-2-6-13-14(12)18-9-8-17-13/h2,5-6,8-9,11H,1,3-4,7,10,16H2. The fraction of sp³-hybridized carbons (Fsp3) is 0.400. The van der Waals surface area contributed by atoms with E-state index in [0.717, 1.165) is 18.4 Å². The van der Waals surface area contributed by atoms with Gasteiger partial charge in [0.25, 0.3) is 5.91 Å². The molecule has 5 heteroatoms. The molecule has 104 valence electrons. The second-order valence-corrected chi connectivity index (χ2v) is 5.10. The topological polar surface area (TPSA) is 72.1 Å². The van der Waals surface area contributed by atoms with Gasteiger partial charge < -0.3 is 10.6 Å². The molecule has 20 heavy (non-hydrogen) atoms. The molecular weight excluding hydrogens is 252 g/mol. The van der Waals surface area contributed by atoms with Crippen LogP contribution in [0.5, 0.6) is 0 Å². The summed E-state index contributed by atoms with van der Waals surface area (Å²) in [4.78, 5) is 23.2. The third-order valence-corrected chi connectivity index (χ3v) is 3.88. The number of para-hydroxylation sites is 1. The van der Waals surface area contributed by atoms with Gasteiger partial charge in [-0.3, -0.25) is 14.8 Å². The summed E-state index contributed by atoms with van der Waals surface area (Å²) in [7, 11) is 0. The van der Waals surface area contributed by atoms with Crippen LogP contribution in [0.25, 0.3) is 11.0 Å². The number of hydrogen-bond donors (Lipinski definition) is 1. The molecule has 0 aliphatic heterocycles. The summed E-state index contributed by atoms with van der Waals surface area (Å²) in [6.45, 7) is 1.08.